The summed E-state index contributed by atoms with van der Waals surface area (Å²) in [6.07, 6.45) is 0.946. The van der Waals surface area contributed by atoms with Crippen LogP contribution in [0.5, 0.6) is 5.75 Å². The lowest BCUT2D eigenvalue weighted by molar-refractivity contribution is -0.117. The van der Waals surface area contributed by atoms with E-state index in [2.05, 4.69) is 6.07 Å². The number of fused-ring (bicyclic) bond motifs is 1. The second kappa shape index (κ2) is 6.44. The van der Waals surface area contributed by atoms with E-state index in [1.807, 2.05) is 54.3 Å². The normalized spacial score (nSPS) is 14.5. The molecule has 3 nitrogen and oxygen atoms in total. The highest BCUT2D eigenvalue weighted by molar-refractivity contribution is 8.00. The van der Waals surface area contributed by atoms with Crippen molar-refractivity contribution in [2.24, 2.45) is 0 Å². The molecule has 0 radical (unpaired) electrons. The number of carbonyl (C=O) groups excluding carboxylic acids is 1. The molecule has 0 saturated carbocycles. The molecule has 2 aromatic rings. The Bertz CT molecular complexity index is 669. The summed E-state index contributed by atoms with van der Waals surface area (Å²) in [5.74, 6) is 1.00. The van der Waals surface area contributed by atoms with Crippen LogP contribution in [0.3, 0.4) is 0 Å². The minimum atomic E-state index is -0.112. The van der Waals surface area contributed by atoms with Crippen LogP contribution >= 0.6 is 11.8 Å². The smallest absolute Gasteiger partial charge is 0.240 e. The molecule has 0 bridgehead atoms. The fourth-order valence-electron chi connectivity index (χ4n) is 2.70. The number of thioether (sulfide) groups is 1. The molecule has 0 saturated heterocycles. The minimum absolute atomic E-state index is 0.112. The molecule has 0 aliphatic carbocycles. The van der Waals surface area contributed by atoms with Crippen LogP contribution in [0.25, 0.3) is 0 Å². The topological polar surface area (TPSA) is 29.5 Å². The summed E-state index contributed by atoms with van der Waals surface area (Å²) >= 11 is 1.59. The highest BCUT2D eigenvalue weighted by Gasteiger charge is 2.28. The molecule has 1 unspecified atom stereocenters. The summed E-state index contributed by atoms with van der Waals surface area (Å²) in [5, 5.41) is -0.112. The Morgan fingerprint density at radius 3 is 2.64 bits per heavy atom. The van der Waals surface area contributed by atoms with Crippen molar-refractivity contribution in [1.82, 2.24) is 0 Å². The average molecular weight is 313 g/mol. The van der Waals surface area contributed by atoms with Crippen LogP contribution < -0.4 is 9.64 Å². The first-order valence-electron chi connectivity index (χ1n) is 7.39. The summed E-state index contributed by atoms with van der Waals surface area (Å²) in [5.41, 5.74) is 2.33. The number of ether oxygens (including phenoxy) is 1. The SMILES string of the molecule is COc1ccc(SC(C)C(=O)N2CCc3ccccc32)cc1. The van der Waals surface area contributed by atoms with Gasteiger partial charge >= 0.3 is 0 Å². The van der Waals surface area contributed by atoms with Crippen LogP contribution in [0.2, 0.25) is 0 Å². The predicted molar refractivity (Wildman–Crippen MR) is 90.8 cm³/mol. The van der Waals surface area contributed by atoms with E-state index in [4.69, 9.17) is 4.74 Å². The third-order valence-corrected chi connectivity index (χ3v) is 4.97. The van der Waals surface area contributed by atoms with Crippen molar-refractivity contribution in [2.45, 2.75) is 23.5 Å². The zero-order chi connectivity index (χ0) is 15.5. The summed E-state index contributed by atoms with van der Waals surface area (Å²) in [7, 11) is 1.65. The Morgan fingerprint density at radius 2 is 1.91 bits per heavy atom. The molecule has 1 aliphatic rings. The van der Waals surface area contributed by atoms with Gasteiger partial charge in [-0.25, -0.2) is 0 Å². The Balaban J connectivity index is 1.70. The van der Waals surface area contributed by atoms with Crippen molar-refractivity contribution in [2.75, 3.05) is 18.6 Å². The van der Waals surface area contributed by atoms with Crippen LogP contribution in [0.15, 0.2) is 53.4 Å². The summed E-state index contributed by atoms with van der Waals surface area (Å²) in [4.78, 5) is 15.7. The first kappa shape index (κ1) is 15.0. The zero-order valence-electron chi connectivity index (χ0n) is 12.8. The van der Waals surface area contributed by atoms with E-state index >= 15 is 0 Å². The molecule has 0 spiro atoms. The van der Waals surface area contributed by atoms with Crippen LogP contribution in [-0.2, 0) is 11.2 Å². The first-order valence-corrected chi connectivity index (χ1v) is 8.27. The molecule has 22 heavy (non-hydrogen) atoms. The molecule has 3 rings (SSSR count). The van der Waals surface area contributed by atoms with Gasteiger partial charge in [0.25, 0.3) is 0 Å². The van der Waals surface area contributed by atoms with Crippen molar-refractivity contribution in [1.29, 1.82) is 0 Å². The van der Waals surface area contributed by atoms with Gasteiger partial charge in [-0.3, -0.25) is 4.79 Å². The average Bonchev–Trinajstić information content (AvgIpc) is 2.99. The molecular weight excluding hydrogens is 294 g/mol. The van der Waals surface area contributed by atoms with Gasteiger partial charge in [0.1, 0.15) is 5.75 Å². The molecule has 1 aliphatic heterocycles. The molecule has 1 atom stereocenters. The van der Waals surface area contributed by atoms with Gasteiger partial charge in [-0.15, -0.1) is 11.8 Å². The van der Waals surface area contributed by atoms with Crippen LogP contribution in [0.4, 0.5) is 5.69 Å². The van der Waals surface area contributed by atoms with Gasteiger partial charge in [-0.2, -0.15) is 0 Å². The van der Waals surface area contributed by atoms with E-state index < -0.39 is 0 Å². The van der Waals surface area contributed by atoms with Crippen molar-refractivity contribution < 1.29 is 9.53 Å². The second-order valence-corrected chi connectivity index (χ2v) is 6.72. The van der Waals surface area contributed by atoms with Gasteiger partial charge in [0, 0.05) is 17.1 Å². The molecule has 1 heterocycles. The van der Waals surface area contributed by atoms with Crippen LogP contribution in [0, 0.1) is 0 Å². The number of hydrogen-bond donors (Lipinski definition) is 0. The fourth-order valence-corrected chi connectivity index (χ4v) is 3.62. The Kier molecular flexibility index (Phi) is 4.39. The molecule has 4 heteroatoms. The van der Waals surface area contributed by atoms with Crippen molar-refractivity contribution >= 4 is 23.4 Å². The van der Waals surface area contributed by atoms with E-state index in [0.29, 0.717) is 0 Å². The summed E-state index contributed by atoms with van der Waals surface area (Å²) in [6, 6.07) is 16.0. The van der Waals surface area contributed by atoms with Gasteiger partial charge in [0.05, 0.1) is 12.4 Å². The van der Waals surface area contributed by atoms with Gasteiger partial charge in [0.15, 0.2) is 0 Å². The maximum atomic E-state index is 12.7. The standard InChI is InChI=1S/C18H19NO2S/c1-13(22-16-9-7-15(21-2)8-10-16)18(20)19-12-11-14-5-3-4-6-17(14)19/h3-10,13H,11-12H2,1-2H3. The quantitative estimate of drug-likeness (QED) is 0.805. The van der Waals surface area contributed by atoms with E-state index in [0.717, 1.165) is 29.3 Å². The summed E-state index contributed by atoms with van der Waals surface area (Å²) in [6.45, 7) is 2.75. The number of amides is 1. The third kappa shape index (κ3) is 2.97. The largest absolute Gasteiger partial charge is 0.497 e. The molecular formula is C18H19NO2S. The van der Waals surface area contributed by atoms with Gasteiger partial charge < -0.3 is 9.64 Å². The van der Waals surface area contributed by atoms with Crippen LogP contribution in [-0.4, -0.2) is 24.8 Å². The number of nitrogens with zero attached hydrogens (tertiary/aromatic N) is 1. The number of para-hydroxylation sites is 1. The zero-order valence-corrected chi connectivity index (χ0v) is 13.6. The predicted octanol–water partition coefficient (Wildman–Crippen LogP) is 3.77. The van der Waals surface area contributed by atoms with Crippen LogP contribution in [0.1, 0.15) is 12.5 Å². The van der Waals surface area contributed by atoms with E-state index in [-0.39, 0.29) is 11.2 Å². The van der Waals surface area contributed by atoms with E-state index in [1.165, 1.54) is 5.56 Å². The van der Waals surface area contributed by atoms with E-state index in [9.17, 15) is 4.79 Å². The number of benzene rings is 2. The highest BCUT2D eigenvalue weighted by atomic mass is 32.2. The number of anilines is 1. The Morgan fingerprint density at radius 1 is 1.18 bits per heavy atom. The lowest BCUT2D eigenvalue weighted by atomic mass is 10.2. The Hall–Kier alpha value is -1.94. The fraction of sp³-hybridized carbons (Fsp3) is 0.278. The maximum absolute atomic E-state index is 12.7. The molecule has 1 amide bonds. The number of carbonyl (C=O) groups is 1. The highest BCUT2D eigenvalue weighted by Crippen LogP contribution is 2.32. The molecule has 2 aromatic carbocycles. The maximum Gasteiger partial charge on any atom is 0.240 e. The molecule has 0 aromatic heterocycles. The minimum Gasteiger partial charge on any atom is -0.497 e. The van der Waals surface area contributed by atoms with Gasteiger partial charge in [-0.05, 0) is 49.2 Å². The second-order valence-electron chi connectivity index (χ2n) is 5.30. The summed E-state index contributed by atoms with van der Waals surface area (Å²) < 4.78 is 5.16. The molecule has 0 N–H and O–H groups in total. The monoisotopic (exact) mass is 313 g/mol. The number of rotatable bonds is 4. The van der Waals surface area contributed by atoms with Crippen molar-refractivity contribution in [3.63, 3.8) is 0 Å². The van der Waals surface area contributed by atoms with E-state index in [1.54, 1.807) is 18.9 Å². The molecule has 114 valence electrons. The lowest BCUT2D eigenvalue weighted by Crippen LogP contribution is -2.35. The van der Waals surface area contributed by atoms with Crippen molar-refractivity contribution in [3.05, 3.63) is 54.1 Å². The van der Waals surface area contributed by atoms with Gasteiger partial charge in [-0.1, -0.05) is 18.2 Å². The Labute approximate surface area is 135 Å². The molecule has 0 fully saturated rings. The number of hydrogen-bond acceptors (Lipinski definition) is 3. The van der Waals surface area contributed by atoms with Gasteiger partial charge in [0.2, 0.25) is 5.91 Å². The van der Waals surface area contributed by atoms with Crippen molar-refractivity contribution in [3.8, 4) is 5.75 Å². The number of methoxy groups -OCH3 is 1. The third-order valence-electron chi connectivity index (χ3n) is 3.87. The lowest BCUT2D eigenvalue weighted by Gasteiger charge is -2.21. The first-order chi connectivity index (χ1) is 10.7.